The number of hydrazone groups is 1. The van der Waals surface area contributed by atoms with Gasteiger partial charge < -0.3 is 9.47 Å². The Hall–Kier alpha value is -2.80. The molecular weight excluding hydrogens is 449 g/mol. The number of carbonyl (C=O) groups is 1. The van der Waals surface area contributed by atoms with Gasteiger partial charge in [0.1, 0.15) is 17.5 Å². The van der Waals surface area contributed by atoms with Crippen molar-refractivity contribution >= 4 is 52.8 Å². The maximum Gasteiger partial charge on any atom is 0.337 e. The van der Waals surface area contributed by atoms with Crippen LogP contribution in [0.1, 0.15) is 21.5 Å². The van der Waals surface area contributed by atoms with Gasteiger partial charge in [-0.3, -0.25) is 5.43 Å². The number of methoxy groups -OCH3 is 1. The van der Waals surface area contributed by atoms with Crippen LogP contribution in [0.25, 0.3) is 0 Å². The number of aromatic nitrogens is 1. The second-order valence-corrected chi connectivity index (χ2v) is 7.18. The van der Waals surface area contributed by atoms with E-state index in [0.29, 0.717) is 28.8 Å². The van der Waals surface area contributed by atoms with E-state index in [1.807, 2.05) is 36.4 Å². The average Bonchev–Trinajstić information content (AvgIpc) is 2.76. The van der Waals surface area contributed by atoms with Crippen LogP contribution in [-0.4, -0.2) is 24.3 Å². The van der Waals surface area contributed by atoms with Crippen LogP contribution in [0.4, 0.5) is 5.82 Å². The van der Waals surface area contributed by atoms with E-state index < -0.39 is 0 Å². The zero-order chi connectivity index (χ0) is 21.5. The molecule has 2 aromatic carbocycles. The van der Waals surface area contributed by atoms with Crippen molar-refractivity contribution in [2.24, 2.45) is 5.10 Å². The second kappa shape index (κ2) is 10.3. The molecule has 1 aromatic heterocycles. The number of hydrogen-bond donors (Lipinski definition) is 1. The minimum atomic E-state index is -0.369. The van der Waals surface area contributed by atoms with Gasteiger partial charge in [0.25, 0.3) is 0 Å². The molecule has 0 aliphatic rings. The van der Waals surface area contributed by atoms with E-state index in [4.69, 9.17) is 39.5 Å². The predicted octanol–water partition coefficient (Wildman–Crippen LogP) is 5.85. The molecule has 0 amide bonds. The molecule has 0 aliphatic heterocycles. The Morgan fingerprint density at radius 1 is 1.07 bits per heavy atom. The van der Waals surface area contributed by atoms with E-state index >= 15 is 0 Å². The standard InChI is InChI=1S/C21H16Cl3N3O3/c1-29-21(28)15-6-2-14(3-7-15)12-30-16-8-4-13(5-9-16)11-25-27-20-18(23)10-17(22)19(24)26-20/h2-11H,12H2,1H3,(H,26,27). The van der Waals surface area contributed by atoms with E-state index in [9.17, 15) is 4.79 Å². The van der Waals surface area contributed by atoms with Crippen molar-refractivity contribution in [2.45, 2.75) is 6.61 Å². The van der Waals surface area contributed by atoms with Gasteiger partial charge in [0.05, 0.1) is 28.9 Å². The Balaban J connectivity index is 1.54. The number of benzene rings is 2. The third kappa shape index (κ3) is 5.86. The fraction of sp³-hybridized carbons (Fsp3) is 0.0952. The van der Waals surface area contributed by atoms with Crippen molar-refractivity contribution in [1.82, 2.24) is 4.98 Å². The fourth-order valence-corrected chi connectivity index (χ4v) is 2.90. The lowest BCUT2D eigenvalue weighted by atomic mass is 10.1. The molecule has 0 radical (unpaired) electrons. The molecule has 0 unspecified atom stereocenters. The molecule has 30 heavy (non-hydrogen) atoms. The summed E-state index contributed by atoms with van der Waals surface area (Å²) in [7, 11) is 1.35. The number of ether oxygens (including phenoxy) is 2. The van der Waals surface area contributed by atoms with Gasteiger partial charge in [-0.1, -0.05) is 46.9 Å². The topological polar surface area (TPSA) is 72.8 Å². The number of esters is 1. The van der Waals surface area contributed by atoms with E-state index in [2.05, 4.69) is 20.2 Å². The smallest absolute Gasteiger partial charge is 0.337 e. The van der Waals surface area contributed by atoms with Gasteiger partial charge in [0, 0.05) is 0 Å². The molecule has 0 spiro atoms. The van der Waals surface area contributed by atoms with Crippen molar-refractivity contribution in [3.63, 3.8) is 0 Å². The summed E-state index contributed by atoms with van der Waals surface area (Å²) in [6.45, 7) is 0.373. The molecule has 3 aromatic rings. The van der Waals surface area contributed by atoms with E-state index in [1.165, 1.54) is 13.2 Å². The summed E-state index contributed by atoms with van der Waals surface area (Å²) in [6, 6.07) is 15.9. The van der Waals surface area contributed by atoms with Crippen LogP contribution in [-0.2, 0) is 11.3 Å². The third-order valence-electron chi connectivity index (χ3n) is 3.93. The molecule has 154 valence electrons. The Bertz CT molecular complexity index is 1060. The SMILES string of the molecule is COC(=O)c1ccc(COc2ccc(C=NNc3nc(Cl)c(Cl)cc3Cl)cc2)cc1. The van der Waals surface area contributed by atoms with Crippen LogP contribution in [0.2, 0.25) is 15.2 Å². The molecule has 0 fully saturated rings. The highest BCUT2D eigenvalue weighted by molar-refractivity contribution is 6.42. The number of rotatable bonds is 7. The third-order valence-corrected chi connectivity index (χ3v) is 4.89. The van der Waals surface area contributed by atoms with Gasteiger partial charge in [-0.15, -0.1) is 0 Å². The highest BCUT2D eigenvalue weighted by Gasteiger charge is 2.07. The number of nitrogens with zero attached hydrogens (tertiary/aromatic N) is 2. The lowest BCUT2D eigenvalue weighted by Crippen LogP contribution is -2.02. The average molecular weight is 465 g/mol. The zero-order valence-electron chi connectivity index (χ0n) is 15.7. The first-order valence-corrected chi connectivity index (χ1v) is 9.80. The van der Waals surface area contributed by atoms with Crippen LogP contribution in [0.15, 0.2) is 59.7 Å². The van der Waals surface area contributed by atoms with Gasteiger partial charge in [-0.05, 0) is 53.6 Å². The lowest BCUT2D eigenvalue weighted by Gasteiger charge is -2.07. The van der Waals surface area contributed by atoms with Gasteiger partial charge in [-0.25, -0.2) is 9.78 Å². The molecule has 6 nitrogen and oxygen atoms in total. The van der Waals surface area contributed by atoms with E-state index in [1.54, 1.807) is 18.3 Å². The van der Waals surface area contributed by atoms with Crippen LogP contribution in [0.5, 0.6) is 5.75 Å². The zero-order valence-corrected chi connectivity index (χ0v) is 18.0. The molecular formula is C21H16Cl3N3O3. The number of pyridine rings is 1. The molecule has 0 saturated heterocycles. The van der Waals surface area contributed by atoms with Gasteiger partial charge in [-0.2, -0.15) is 5.10 Å². The highest BCUT2D eigenvalue weighted by Crippen LogP contribution is 2.28. The normalized spacial score (nSPS) is 10.8. The summed E-state index contributed by atoms with van der Waals surface area (Å²) in [4.78, 5) is 15.5. The number of anilines is 1. The number of halogens is 3. The monoisotopic (exact) mass is 463 g/mol. The number of hydrogen-bond acceptors (Lipinski definition) is 6. The molecule has 0 aliphatic carbocycles. The molecule has 1 N–H and O–H groups in total. The maximum atomic E-state index is 11.4. The molecule has 0 bridgehead atoms. The first kappa shape index (κ1) is 21.9. The summed E-state index contributed by atoms with van der Waals surface area (Å²) in [5, 5.41) is 4.81. The summed E-state index contributed by atoms with van der Waals surface area (Å²) in [5.41, 5.74) is 5.00. The molecule has 0 saturated carbocycles. The van der Waals surface area contributed by atoms with Gasteiger partial charge in [0.2, 0.25) is 0 Å². The Labute approximate surface area is 188 Å². The Kier molecular flexibility index (Phi) is 7.52. The predicted molar refractivity (Wildman–Crippen MR) is 119 cm³/mol. The van der Waals surface area contributed by atoms with Crippen LogP contribution < -0.4 is 10.2 Å². The summed E-state index contributed by atoms with van der Waals surface area (Å²) < 4.78 is 10.4. The highest BCUT2D eigenvalue weighted by atomic mass is 35.5. The molecule has 9 heteroatoms. The largest absolute Gasteiger partial charge is 0.489 e. The minimum absolute atomic E-state index is 0.139. The van der Waals surface area contributed by atoms with Crippen molar-refractivity contribution in [2.75, 3.05) is 12.5 Å². The van der Waals surface area contributed by atoms with Crippen molar-refractivity contribution in [1.29, 1.82) is 0 Å². The summed E-state index contributed by atoms with van der Waals surface area (Å²) >= 11 is 17.8. The van der Waals surface area contributed by atoms with Crippen LogP contribution in [0.3, 0.4) is 0 Å². The molecule has 0 atom stereocenters. The van der Waals surface area contributed by atoms with Crippen LogP contribution in [0, 0.1) is 0 Å². The van der Waals surface area contributed by atoms with Crippen molar-refractivity contribution < 1.29 is 14.3 Å². The number of carbonyl (C=O) groups excluding carboxylic acids is 1. The fourth-order valence-electron chi connectivity index (χ4n) is 2.36. The molecule has 3 rings (SSSR count). The second-order valence-electron chi connectivity index (χ2n) is 6.01. The Morgan fingerprint density at radius 3 is 2.43 bits per heavy atom. The Morgan fingerprint density at radius 2 is 1.77 bits per heavy atom. The quantitative estimate of drug-likeness (QED) is 0.205. The first-order valence-electron chi connectivity index (χ1n) is 8.67. The van der Waals surface area contributed by atoms with E-state index in [0.717, 1.165) is 11.1 Å². The van der Waals surface area contributed by atoms with Gasteiger partial charge in [0.15, 0.2) is 5.82 Å². The van der Waals surface area contributed by atoms with Crippen molar-refractivity contribution in [3.05, 3.63) is 86.5 Å². The van der Waals surface area contributed by atoms with Gasteiger partial charge >= 0.3 is 5.97 Å². The van der Waals surface area contributed by atoms with Crippen molar-refractivity contribution in [3.8, 4) is 5.75 Å². The van der Waals surface area contributed by atoms with Crippen LogP contribution >= 0.6 is 34.8 Å². The minimum Gasteiger partial charge on any atom is -0.489 e. The number of nitrogens with one attached hydrogen (secondary N) is 1. The lowest BCUT2D eigenvalue weighted by molar-refractivity contribution is 0.0600. The summed E-state index contributed by atoms with van der Waals surface area (Å²) in [6.07, 6.45) is 1.61. The maximum absolute atomic E-state index is 11.4. The molecule has 1 heterocycles. The summed E-state index contributed by atoms with van der Waals surface area (Å²) in [5.74, 6) is 0.637. The first-order chi connectivity index (χ1) is 14.5. The van der Waals surface area contributed by atoms with E-state index in [-0.39, 0.29) is 16.1 Å².